The molecule has 3 aliphatic heterocycles. The number of hydrogen-bond acceptors (Lipinski definition) is 6. The average molecular weight is 421 g/mol. The topological polar surface area (TPSA) is 39.3 Å². The average Bonchev–Trinajstić information content (AvgIpc) is 3.41. The maximum absolute atomic E-state index is 11.9. The van der Waals surface area contributed by atoms with E-state index in [0.717, 1.165) is 45.8 Å². The lowest BCUT2D eigenvalue weighted by molar-refractivity contribution is 0.0414. The van der Waals surface area contributed by atoms with E-state index in [4.69, 9.17) is 4.74 Å². The highest BCUT2D eigenvalue weighted by molar-refractivity contribution is 7.10. The molecule has 3 fully saturated rings. The highest BCUT2D eigenvalue weighted by Gasteiger charge is 2.30. The first-order chi connectivity index (χ1) is 14.2. The summed E-state index contributed by atoms with van der Waals surface area (Å²) >= 11 is 1.93. The molecule has 0 N–H and O–H groups in total. The van der Waals surface area contributed by atoms with E-state index in [9.17, 15) is 4.79 Å². The molecule has 0 bridgehead atoms. The van der Waals surface area contributed by atoms with Crippen molar-refractivity contribution in [1.29, 1.82) is 0 Å². The summed E-state index contributed by atoms with van der Waals surface area (Å²) in [5.74, 6) is 0. The first-order valence-corrected chi connectivity index (χ1v) is 12.3. The van der Waals surface area contributed by atoms with Crippen LogP contribution in [0.25, 0.3) is 0 Å². The van der Waals surface area contributed by atoms with Crippen molar-refractivity contribution in [3.63, 3.8) is 0 Å². The Balaban J connectivity index is 1.24. The maximum atomic E-state index is 11.9. The van der Waals surface area contributed by atoms with Crippen molar-refractivity contribution in [3.8, 4) is 0 Å². The fourth-order valence-electron chi connectivity index (χ4n) is 4.97. The van der Waals surface area contributed by atoms with Crippen LogP contribution in [0.3, 0.4) is 0 Å². The molecule has 3 saturated heterocycles. The predicted octanol–water partition coefficient (Wildman–Crippen LogP) is 3.08. The van der Waals surface area contributed by atoms with Gasteiger partial charge < -0.3 is 9.64 Å². The fourth-order valence-corrected chi connectivity index (χ4v) is 5.89. The monoisotopic (exact) mass is 420 g/mol. The Morgan fingerprint density at radius 2 is 1.79 bits per heavy atom. The van der Waals surface area contributed by atoms with E-state index in [1.165, 1.54) is 55.8 Å². The summed E-state index contributed by atoms with van der Waals surface area (Å²) in [6, 6.07) is 3.06. The Labute approximate surface area is 179 Å². The molecule has 1 amide bonds. The van der Waals surface area contributed by atoms with Gasteiger partial charge in [0.15, 0.2) is 0 Å². The Kier molecular flexibility index (Phi) is 7.45. The molecule has 0 spiro atoms. The van der Waals surface area contributed by atoms with Crippen LogP contribution >= 0.6 is 11.3 Å². The highest BCUT2D eigenvalue weighted by atomic mass is 32.1. The molecule has 0 saturated carbocycles. The summed E-state index contributed by atoms with van der Waals surface area (Å²) in [6.07, 6.45) is 5.12. The summed E-state index contributed by atoms with van der Waals surface area (Å²) in [7, 11) is 0. The standard InChI is InChI=1S/C22H36N4O2S/c1-2-28-22(27)26-12-10-25(11-13-26)20-6-5-9-24(16-20)17-21-14-19(18-29-21)15-23-7-3-4-8-23/h14,18,20H,2-13,15-17H2,1H3/t20-/m0/s1. The number of hydrogen-bond donors (Lipinski definition) is 0. The molecule has 162 valence electrons. The summed E-state index contributed by atoms with van der Waals surface area (Å²) < 4.78 is 5.15. The smallest absolute Gasteiger partial charge is 0.409 e. The third kappa shape index (κ3) is 5.72. The van der Waals surface area contributed by atoms with Gasteiger partial charge in [0.05, 0.1) is 6.61 Å². The molecule has 7 heteroatoms. The second-order valence-electron chi connectivity index (χ2n) is 8.66. The number of ether oxygens (including phenoxy) is 1. The molecule has 0 unspecified atom stereocenters. The van der Waals surface area contributed by atoms with Crippen molar-refractivity contribution in [2.45, 2.75) is 51.7 Å². The van der Waals surface area contributed by atoms with Crippen molar-refractivity contribution < 1.29 is 9.53 Å². The lowest BCUT2D eigenvalue weighted by Crippen LogP contribution is -2.55. The van der Waals surface area contributed by atoms with Crippen LogP contribution in [0.2, 0.25) is 0 Å². The second kappa shape index (κ2) is 10.2. The zero-order valence-corrected chi connectivity index (χ0v) is 18.7. The van der Waals surface area contributed by atoms with Crippen LogP contribution in [0, 0.1) is 0 Å². The molecule has 29 heavy (non-hydrogen) atoms. The van der Waals surface area contributed by atoms with Gasteiger partial charge >= 0.3 is 6.09 Å². The normalized spacial score (nSPS) is 24.9. The van der Waals surface area contributed by atoms with Crippen LogP contribution in [0.4, 0.5) is 4.79 Å². The Bertz CT molecular complexity index is 653. The van der Waals surface area contributed by atoms with Crippen molar-refractivity contribution in [2.75, 3.05) is 59.0 Å². The number of nitrogens with zero attached hydrogens (tertiary/aromatic N) is 4. The van der Waals surface area contributed by atoms with Gasteiger partial charge in [-0.25, -0.2) is 4.79 Å². The summed E-state index contributed by atoms with van der Waals surface area (Å²) in [5.41, 5.74) is 1.50. The molecule has 3 aliphatic rings. The highest BCUT2D eigenvalue weighted by Crippen LogP contribution is 2.24. The second-order valence-corrected chi connectivity index (χ2v) is 9.65. The Morgan fingerprint density at radius 1 is 1.03 bits per heavy atom. The van der Waals surface area contributed by atoms with Crippen LogP contribution in [-0.4, -0.2) is 90.7 Å². The lowest BCUT2D eigenvalue weighted by atomic mass is 10.0. The van der Waals surface area contributed by atoms with Gasteiger partial charge in [0.25, 0.3) is 0 Å². The first-order valence-electron chi connectivity index (χ1n) is 11.4. The van der Waals surface area contributed by atoms with Crippen molar-refractivity contribution in [1.82, 2.24) is 19.6 Å². The van der Waals surface area contributed by atoms with Gasteiger partial charge in [-0.1, -0.05) is 0 Å². The largest absolute Gasteiger partial charge is 0.450 e. The summed E-state index contributed by atoms with van der Waals surface area (Å²) in [6.45, 7) is 13.0. The van der Waals surface area contributed by atoms with E-state index in [0.29, 0.717) is 12.6 Å². The molecule has 0 aromatic carbocycles. The number of carbonyl (C=O) groups excluding carboxylic acids is 1. The van der Waals surface area contributed by atoms with Gasteiger partial charge in [-0.2, -0.15) is 0 Å². The van der Waals surface area contributed by atoms with Crippen LogP contribution < -0.4 is 0 Å². The summed E-state index contributed by atoms with van der Waals surface area (Å²) in [5, 5.41) is 2.36. The number of carbonyl (C=O) groups is 1. The zero-order valence-electron chi connectivity index (χ0n) is 17.9. The Hall–Kier alpha value is -1.15. The van der Waals surface area contributed by atoms with Crippen LogP contribution in [0.5, 0.6) is 0 Å². The van der Waals surface area contributed by atoms with Gasteiger partial charge in [-0.15, -0.1) is 11.3 Å². The third-order valence-electron chi connectivity index (χ3n) is 6.53. The summed E-state index contributed by atoms with van der Waals surface area (Å²) in [4.78, 5) is 23.1. The first kappa shape index (κ1) is 21.1. The van der Waals surface area contributed by atoms with Gasteiger partial charge in [0.2, 0.25) is 0 Å². The molecule has 1 aromatic heterocycles. The number of thiophene rings is 1. The van der Waals surface area contributed by atoms with Crippen LogP contribution in [0.15, 0.2) is 11.4 Å². The third-order valence-corrected chi connectivity index (χ3v) is 7.50. The van der Waals surface area contributed by atoms with Gasteiger partial charge in [0.1, 0.15) is 0 Å². The van der Waals surface area contributed by atoms with Crippen molar-refractivity contribution >= 4 is 17.4 Å². The quantitative estimate of drug-likeness (QED) is 0.707. The van der Waals surface area contributed by atoms with Gasteiger partial charge in [0, 0.05) is 56.7 Å². The fraction of sp³-hybridized carbons (Fsp3) is 0.773. The van der Waals surface area contributed by atoms with E-state index < -0.39 is 0 Å². The van der Waals surface area contributed by atoms with Crippen LogP contribution in [-0.2, 0) is 17.8 Å². The minimum atomic E-state index is -0.153. The van der Waals surface area contributed by atoms with E-state index in [2.05, 4.69) is 26.1 Å². The van der Waals surface area contributed by atoms with Crippen LogP contribution in [0.1, 0.15) is 43.0 Å². The van der Waals surface area contributed by atoms with E-state index in [1.54, 1.807) is 0 Å². The van der Waals surface area contributed by atoms with Gasteiger partial charge in [-0.3, -0.25) is 14.7 Å². The van der Waals surface area contributed by atoms with E-state index >= 15 is 0 Å². The molecule has 1 aromatic rings. The lowest BCUT2D eigenvalue weighted by Gasteiger charge is -2.43. The molecule has 6 nitrogen and oxygen atoms in total. The Morgan fingerprint density at radius 3 is 2.55 bits per heavy atom. The minimum absolute atomic E-state index is 0.153. The van der Waals surface area contributed by atoms with E-state index in [1.807, 2.05) is 23.2 Å². The molecule has 1 atom stereocenters. The minimum Gasteiger partial charge on any atom is -0.450 e. The zero-order chi connectivity index (χ0) is 20.1. The number of rotatable bonds is 6. The number of piperazine rings is 1. The van der Waals surface area contributed by atoms with Gasteiger partial charge in [-0.05, 0) is 69.3 Å². The molecule has 0 aliphatic carbocycles. The predicted molar refractivity (Wildman–Crippen MR) is 117 cm³/mol. The SMILES string of the molecule is CCOC(=O)N1CCN([C@H]2CCCN(Cc3cc(CN4CCCC4)cs3)C2)CC1. The number of piperidine rings is 1. The van der Waals surface area contributed by atoms with E-state index in [-0.39, 0.29) is 6.09 Å². The van der Waals surface area contributed by atoms with Crippen molar-refractivity contribution in [2.24, 2.45) is 0 Å². The molecular weight excluding hydrogens is 384 g/mol. The molecule has 0 radical (unpaired) electrons. The van der Waals surface area contributed by atoms with Crippen molar-refractivity contribution in [3.05, 3.63) is 21.9 Å². The maximum Gasteiger partial charge on any atom is 0.409 e. The molecular formula is C22H36N4O2S. The number of likely N-dealkylation sites (tertiary alicyclic amines) is 2. The molecule has 4 rings (SSSR count). The number of amides is 1. The molecule has 4 heterocycles.